The number of likely N-dealkylation sites (N-methyl/N-ethyl adjacent to an activating group) is 1. The number of nitrogens with one attached hydrogen (secondary N) is 1. The summed E-state index contributed by atoms with van der Waals surface area (Å²) in [6, 6.07) is 25.5. The number of amides is 1. The number of hydrogen-bond acceptors (Lipinski definition) is 13. The Morgan fingerprint density at radius 2 is 1.57 bits per heavy atom. The molecule has 16 heteroatoms. The van der Waals surface area contributed by atoms with E-state index in [0.29, 0.717) is 99.6 Å². The molecule has 0 saturated carbocycles. The summed E-state index contributed by atoms with van der Waals surface area (Å²) < 4.78 is 30.1. The van der Waals surface area contributed by atoms with Crippen LogP contribution < -0.4 is 20.4 Å². The predicted octanol–water partition coefficient (Wildman–Crippen LogP) is 3.27. The van der Waals surface area contributed by atoms with Crippen molar-refractivity contribution in [1.82, 2.24) is 20.3 Å². The first kappa shape index (κ1) is 43.0. The number of benzene rings is 3. The second-order valence-electron chi connectivity index (χ2n) is 12.8. The first-order valence-corrected chi connectivity index (χ1v) is 18.9. The fourth-order valence-electron chi connectivity index (χ4n) is 5.75. The number of anilines is 1. The number of nitriles is 2. The van der Waals surface area contributed by atoms with Gasteiger partial charge in [0, 0.05) is 42.0 Å². The van der Waals surface area contributed by atoms with Crippen LogP contribution in [0.15, 0.2) is 102 Å². The van der Waals surface area contributed by atoms with Gasteiger partial charge in [-0.1, -0.05) is 53.8 Å². The van der Waals surface area contributed by atoms with Crippen molar-refractivity contribution in [2.45, 2.75) is 20.1 Å². The van der Waals surface area contributed by atoms with Gasteiger partial charge in [0.2, 0.25) is 0 Å². The van der Waals surface area contributed by atoms with E-state index >= 15 is 0 Å². The van der Waals surface area contributed by atoms with E-state index in [1.807, 2.05) is 71.6 Å². The topological polar surface area (TPSA) is 197 Å². The van der Waals surface area contributed by atoms with Crippen LogP contribution in [-0.4, -0.2) is 104 Å². The van der Waals surface area contributed by atoms with Crippen LogP contribution in [0.5, 0.6) is 5.75 Å². The van der Waals surface area contributed by atoms with Crippen molar-refractivity contribution < 1.29 is 38.5 Å². The van der Waals surface area contributed by atoms with Crippen molar-refractivity contribution in [2.75, 3.05) is 70.8 Å². The number of allylic oxidation sites excluding steroid dienone is 4. The van der Waals surface area contributed by atoms with Gasteiger partial charge < -0.3 is 43.9 Å². The molecule has 0 saturated heterocycles. The molecule has 1 aromatic heterocycles. The maximum atomic E-state index is 12.1. The minimum atomic E-state index is -1.57. The Labute approximate surface area is 338 Å². The fraction of sp³-hybridized carbons (Fsp3) is 0.310. The Hall–Kier alpha value is -6.11. The van der Waals surface area contributed by atoms with Crippen molar-refractivity contribution in [2.24, 2.45) is 0 Å². The number of fused-ring (bicyclic) bond motifs is 1. The number of carbonyl (C=O) groups excluding carboxylic acids is 1. The van der Waals surface area contributed by atoms with Crippen LogP contribution >= 0.6 is 0 Å². The van der Waals surface area contributed by atoms with Crippen molar-refractivity contribution >= 4 is 35.8 Å². The predicted molar refractivity (Wildman–Crippen MR) is 217 cm³/mol. The Bertz CT molecular complexity index is 2090. The van der Waals surface area contributed by atoms with Gasteiger partial charge in [0.05, 0.1) is 65.6 Å². The fourth-order valence-corrected chi connectivity index (χ4v) is 5.75. The number of nitrogens with zero attached hydrogens (tertiary/aromatic N) is 6. The largest absolute Gasteiger partial charge is 0.488 e. The average Bonchev–Trinajstić information content (AvgIpc) is 3.71. The van der Waals surface area contributed by atoms with Crippen molar-refractivity contribution in [3.63, 3.8) is 0 Å². The lowest BCUT2D eigenvalue weighted by atomic mass is 9.80. The lowest BCUT2D eigenvalue weighted by molar-refractivity contribution is -0.00406. The number of carbonyl (C=O) groups is 1. The molecule has 1 aliphatic heterocycles. The number of hydrogen-bond donors (Lipinski definition) is 3. The highest BCUT2D eigenvalue weighted by molar-refractivity contribution is 6.58. The quantitative estimate of drug-likeness (QED) is 0.0564. The van der Waals surface area contributed by atoms with Crippen LogP contribution in [0.1, 0.15) is 34.1 Å². The van der Waals surface area contributed by atoms with Crippen LogP contribution in [0.2, 0.25) is 0 Å². The first-order valence-electron chi connectivity index (χ1n) is 18.9. The van der Waals surface area contributed by atoms with Crippen molar-refractivity contribution in [3.8, 4) is 17.9 Å². The van der Waals surface area contributed by atoms with E-state index in [9.17, 15) is 15.3 Å². The molecule has 15 nitrogen and oxygen atoms in total. The molecule has 1 amide bonds. The Kier molecular flexibility index (Phi) is 17.2. The first-order chi connectivity index (χ1) is 28.4. The van der Waals surface area contributed by atoms with E-state index in [2.05, 4.69) is 39.6 Å². The normalized spacial score (nSPS) is 11.9. The zero-order valence-electron chi connectivity index (χ0n) is 32.3. The summed E-state index contributed by atoms with van der Waals surface area (Å²) in [6.45, 7) is 7.76. The molecule has 3 aromatic carbocycles. The minimum absolute atomic E-state index is 0.0371. The molecule has 0 atom stereocenters. The van der Waals surface area contributed by atoms with Gasteiger partial charge >= 0.3 is 7.12 Å². The molecular weight excluding hydrogens is 741 g/mol. The summed E-state index contributed by atoms with van der Waals surface area (Å²) in [5.74, 6) is 0.866. The molecule has 3 N–H and O–H groups in total. The van der Waals surface area contributed by atoms with Gasteiger partial charge in [-0.3, -0.25) is 9.48 Å². The molecule has 1 aliphatic rings. The zero-order chi connectivity index (χ0) is 41.0. The molecule has 0 bridgehead atoms. The van der Waals surface area contributed by atoms with E-state index in [1.165, 1.54) is 24.3 Å². The molecule has 0 radical (unpaired) electrons. The molecule has 2 heterocycles. The third-order valence-corrected chi connectivity index (χ3v) is 8.82. The Balaban J connectivity index is 0.909. The second kappa shape index (κ2) is 23.2. The van der Waals surface area contributed by atoms with Crippen LogP contribution in [0.3, 0.4) is 0 Å². The SMILES string of the molecule is CCN(CCn1cc(COCCOCCOCCOCCNC(=O)c2ccc(B(O)O)cc2)nn1)c1ccc(/C=C/C2=CC(=C(C#N)C#N)c3ccccc3O2)cc1. The highest BCUT2D eigenvalue weighted by Gasteiger charge is 2.19. The molecule has 0 spiro atoms. The summed E-state index contributed by atoms with van der Waals surface area (Å²) >= 11 is 0. The van der Waals surface area contributed by atoms with Gasteiger partial charge in [-0.25, -0.2) is 0 Å². The van der Waals surface area contributed by atoms with E-state index in [4.69, 9.17) is 33.7 Å². The maximum absolute atomic E-state index is 12.1. The van der Waals surface area contributed by atoms with E-state index in [1.54, 1.807) is 6.08 Å². The Morgan fingerprint density at radius 3 is 2.24 bits per heavy atom. The van der Waals surface area contributed by atoms with Crippen molar-refractivity contribution in [3.05, 3.63) is 125 Å². The molecule has 0 fully saturated rings. The van der Waals surface area contributed by atoms with Gasteiger partial charge in [0.1, 0.15) is 34.9 Å². The van der Waals surface area contributed by atoms with Crippen LogP contribution in [-0.2, 0) is 32.1 Å². The molecule has 5 rings (SSSR count). The van der Waals surface area contributed by atoms with Gasteiger partial charge in [-0.15, -0.1) is 5.10 Å². The lowest BCUT2D eigenvalue weighted by Gasteiger charge is -2.23. The Morgan fingerprint density at radius 1 is 0.897 bits per heavy atom. The highest BCUT2D eigenvalue weighted by atomic mass is 16.6. The standard InChI is InChI=1S/C42H46BN7O8/c1-2-49(37-14-7-32(8-15-37)9-16-38-27-40(34(28-44)29-45)39-5-3-4-6-41(39)58-38)18-19-50-30-36(47-48-50)31-57-26-25-56-24-23-55-22-21-54-20-17-46-42(51)33-10-12-35(13-11-33)43(52)53/h3-16,27,30,52-53H,2,17-26,31H2,1H3,(H,46,51)/b16-9+. The monoisotopic (exact) mass is 787 g/mol. The van der Waals surface area contributed by atoms with E-state index < -0.39 is 7.12 Å². The number of ether oxygens (including phenoxy) is 5. The van der Waals surface area contributed by atoms with E-state index in [0.717, 1.165) is 30.0 Å². The summed E-state index contributed by atoms with van der Waals surface area (Å²) in [4.78, 5) is 14.4. The summed E-state index contributed by atoms with van der Waals surface area (Å²) in [5, 5.41) is 48.4. The number of rotatable bonds is 23. The van der Waals surface area contributed by atoms with Crippen molar-refractivity contribution in [1.29, 1.82) is 10.5 Å². The molecule has 4 aromatic rings. The average molecular weight is 788 g/mol. The van der Waals surface area contributed by atoms with E-state index in [-0.39, 0.29) is 11.5 Å². The summed E-state index contributed by atoms with van der Waals surface area (Å²) in [7, 11) is -1.57. The third kappa shape index (κ3) is 13.2. The number of para-hydroxylation sites is 1. The van der Waals surface area contributed by atoms with Gasteiger partial charge in [0.25, 0.3) is 5.91 Å². The summed E-state index contributed by atoms with van der Waals surface area (Å²) in [6.07, 6.45) is 7.37. The van der Waals surface area contributed by atoms with Crippen LogP contribution in [0, 0.1) is 22.7 Å². The van der Waals surface area contributed by atoms with Gasteiger partial charge in [-0.2, -0.15) is 10.5 Å². The minimum Gasteiger partial charge on any atom is -0.457 e. The lowest BCUT2D eigenvalue weighted by Crippen LogP contribution is -2.31. The molecule has 0 unspecified atom stereocenters. The zero-order valence-corrected chi connectivity index (χ0v) is 32.3. The highest BCUT2D eigenvalue weighted by Crippen LogP contribution is 2.35. The smallest absolute Gasteiger partial charge is 0.457 e. The van der Waals surface area contributed by atoms with Gasteiger partial charge in [0.15, 0.2) is 0 Å². The third-order valence-electron chi connectivity index (χ3n) is 8.82. The number of aromatic nitrogens is 3. The summed E-state index contributed by atoms with van der Waals surface area (Å²) in [5.41, 5.74) is 4.82. The molecule has 0 aliphatic carbocycles. The van der Waals surface area contributed by atoms with Gasteiger partial charge in [-0.05, 0) is 60.4 Å². The molecular formula is C42H46BN7O8. The molecule has 58 heavy (non-hydrogen) atoms. The second-order valence-corrected chi connectivity index (χ2v) is 12.8. The van der Waals surface area contributed by atoms with Crippen LogP contribution in [0.25, 0.3) is 11.6 Å². The molecule has 300 valence electrons. The maximum Gasteiger partial charge on any atom is 0.488 e. The van der Waals surface area contributed by atoms with Crippen LogP contribution in [0.4, 0.5) is 5.69 Å².